The van der Waals surface area contributed by atoms with E-state index in [0.29, 0.717) is 6.04 Å². The van der Waals surface area contributed by atoms with Gasteiger partial charge in [-0.25, -0.2) is 4.98 Å². The molecule has 114 valence electrons. The van der Waals surface area contributed by atoms with E-state index in [9.17, 15) is 0 Å². The van der Waals surface area contributed by atoms with Crippen LogP contribution in [0.15, 0.2) is 5.38 Å². The van der Waals surface area contributed by atoms with Gasteiger partial charge in [0, 0.05) is 23.3 Å². The van der Waals surface area contributed by atoms with Gasteiger partial charge in [-0.2, -0.15) is 0 Å². The Balaban J connectivity index is 2.04. The van der Waals surface area contributed by atoms with E-state index in [2.05, 4.69) is 45.4 Å². The fourth-order valence-electron chi connectivity index (χ4n) is 3.31. The molecule has 3 heteroatoms. The lowest BCUT2D eigenvalue weighted by Crippen LogP contribution is -2.39. The molecule has 1 heterocycles. The van der Waals surface area contributed by atoms with Crippen molar-refractivity contribution in [3.8, 4) is 0 Å². The van der Waals surface area contributed by atoms with Crippen LogP contribution in [0.3, 0.4) is 0 Å². The van der Waals surface area contributed by atoms with Crippen LogP contribution in [-0.2, 0) is 11.8 Å². The van der Waals surface area contributed by atoms with Gasteiger partial charge in [0.1, 0.15) is 0 Å². The minimum Gasteiger partial charge on any atom is -0.317 e. The smallest absolute Gasteiger partial charge is 0.0931 e. The molecular formula is C17H30N2S. The summed E-state index contributed by atoms with van der Waals surface area (Å²) in [6, 6.07) is 0.680. The van der Waals surface area contributed by atoms with Gasteiger partial charge in [-0.05, 0) is 38.1 Å². The van der Waals surface area contributed by atoms with Gasteiger partial charge >= 0.3 is 0 Å². The predicted octanol–water partition coefficient (Wildman–Crippen LogP) is 4.40. The highest BCUT2D eigenvalue weighted by Crippen LogP contribution is 2.34. The Bertz CT molecular complexity index is 419. The van der Waals surface area contributed by atoms with Crippen LogP contribution in [0, 0.1) is 11.8 Å². The Hall–Kier alpha value is -0.410. The van der Waals surface area contributed by atoms with Crippen LogP contribution in [-0.4, -0.2) is 18.1 Å². The molecular weight excluding hydrogens is 264 g/mol. The van der Waals surface area contributed by atoms with Crippen LogP contribution >= 0.6 is 11.3 Å². The van der Waals surface area contributed by atoms with Crippen LogP contribution in [0.5, 0.6) is 0 Å². The molecule has 0 spiro atoms. The monoisotopic (exact) mass is 294 g/mol. The standard InChI is InChI=1S/C17H30N2S/c1-6-12-7-8-14(18-5)13(9-12)10-16-19-15(11-20-16)17(2,3)4/h11-14,18H,6-10H2,1-5H3. The van der Waals surface area contributed by atoms with E-state index in [4.69, 9.17) is 4.98 Å². The maximum absolute atomic E-state index is 4.89. The summed E-state index contributed by atoms with van der Waals surface area (Å²) in [5, 5.41) is 7.12. The Morgan fingerprint density at radius 3 is 2.65 bits per heavy atom. The molecule has 0 amide bonds. The van der Waals surface area contributed by atoms with Crippen molar-refractivity contribution in [2.45, 2.75) is 71.3 Å². The molecule has 1 aromatic rings. The third kappa shape index (κ3) is 3.82. The summed E-state index contributed by atoms with van der Waals surface area (Å²) in [5.74, 6) is 1.68. The van der Waals surface area contributed by atoms with E-state index < -0.39 is 0 Å². The highest BCUT2D eigenvalue weighted by atomic mass is 32.1. The normalized spacial score (nSPS) is 27.8. The molecule has 1 aliphatic rings. The maximum Gasteiger partial charge on any atom is 0.0931 e. The third-order valence-corrected chi connectivity index (χ3v) is 5.67. The first-order valence-electron chi connectivity index (χ1n) is 8.06. The molecule has 0 saturated heterocycles. The summed E-state index contributed by atoms with van der Waals surface area (Å²) in [4.78, 5) is 4.89. The van der Waals surface area contributed by atoms with Gasteiger partial charge < -0.3 is 5.32 Å². The first-order chi connectivity index (χ1) is 9.44. The van der Waals surface area contributed by atoms with Crippen molar-refractivity contribution in [3.05, 3.63) is 16.1 Å². The number of nitrogens with zero attached hydrogens (tertiary/aromatic N) is 1. The van der Waals surface area contributed by atoms with Crippen molar-refractivity contribution >= 4 is 11.3 Å². The molecule has 3 atom stereocenters. The molecule has 0 radical (unpaired) electrons. The first-order valence-corrected chi connectivity index (χ1v) is 8.94. The number of aromatic nitrogens is 1. The predicted molar refractivity (Wildman–Crippen MR) is 88.5 cm³/mol. The van der Waals surface area contributed by atoms with E-state index in [1.54, 1.807) is 0 Å². The zero-order valence-electron chi connectivity index (χ0n) is 13.7. The van der Waals surface area contributed by atoms with Crippen molar-refractivity contribution < 1.29 is 0 Å². The molecule has 1 N–H and O–H groups in total. The summed E-state index contributed by atoms with van der Waals surface area (Å²) in [6.07, 6.45) is 6.58. The lowest BCUT2D eigenvalue weighted by atomic mass is 9.75. The van der Waals surface area contributed by atoms with Gasteiger partial charge in [0.2, 0.25) is 0 Å². The molecule has 20 heavy (non-hydrogen) atoms. The second kappa shape index (κ2) is 6.57. The molecule has 0 bridgehead atoms. The zero-order valence-corrected chi connectivity index (χ0v) is 14.5. The van der Waals surface area contributed by atoms with Crippen molar-refractivity contribution in [2.75, 3.05) is 7.05 Å². The first kappa shape index (κ1) is 16.0. The largest absolute Gasteiger partial charge is 0.317 e. The minimum absolute atomic E-state index is 0.176. The Labute approximate surface area is 128 Å². The minimum atomic E-state index is 0.176. The van der Waals surface area contributed by atoms with Crippen LogP contribution < -0.4 is 5.32 Å². The van der Waals surface area contributed by atoms with Crippen LogP contribution in [0.2, 0.25) is 0 Å². The van der Waals surface area contributed by atoms with E-state index in [-0.39, 0.29) is 5.41 Å². The quantitative estimate of drug-likeness (QED) is 0.890. The van der Waals surface area contributed by atoms with E-state index in [0.717, 1.165) is 18.3 Å². The summed E-state index contributed by atoms with van der Waals surface area (Å²) in [7, 11) is 2.12. The topological polar surface area (TPSA) is 24.9 Å². The summed E-state index contributed by atoms with van der Waals surface area (Å²) >= 11 is 1.85. The second-order valence-corrected chi connectivity index (χ2v) is 8.27. The maximum atomic E-state index is 4.89. The zero-order chi connectivity index (χ0) is 14.8. The van der Waals surface area contributed by atoms with Gasteiger partial charge in [-0.1, -0.05) is 34.1 Å². The van der Waals surface area contributed by atoms with Crippen molar-refractivity contribution in [1.29, 1.82) is 0 Å². The second-order valence-electron chi connectivity index (χ2n) is 7.32. The molecule has 1 fully saturated rings. The van der Waals surface area contributed by atoms with Gasteiger partial charge in [-0.15, -0.1) is 11.3 Å². The van der Waals surface area contributed by atoms with E-state index >= 15 is 0 Å². The molecule has 2 nitrogen and oxygen atoms in total. The van der Waals surface area contributed by atoms with E-state index in [1.165, 1.54) is 36.4 Å². The number of nitrogens with one attached hydrogen (secondary N) is 1. The molecule has 0 aromatic carbocycles. The summed E-state index contributed by atoms with van der Waals surface area (Å²) in [5.41, 5.74) is 1.43. The Kier molecular flexibility index (Phi) is 5.25. The van der Waals surface area contributed by atoms with Crippen molar-refractivity contribution in [1.82, 2.24) is 10.3 Å². The molecule has 1 saturated carbocycles. The SMILES string of the molecule is CCC1CCC(NC)C(Cc2nc(C(C)(C)C)cs2)C1. The molecule has 0 aliphatic heterocycles. The molecule has 2 rings (SSSR count). The van der Waals surface area contributed by atoms with Crippen molar-refractivity contribution in [3.63, 3.8) is 0 Å². The van der Waals surface area contributed by atoms with E-state index in [1.807, 2.05) is 11.3 Å². The highest BCUT2D eigenvalue weighted by Gasteiger charge is 2.30. The Morgan fingerprint density at radius 1 is 1.35 bits per heavy atom. The van der Waals surface area contributed by atoms with Crippen LogP contribution in [0.4, 0.5) is 0 Å². The fourth-order valence-corrected chi connectivity index (χ4v) is 4.43. The molecule has 1 aromatic heterocycles. The van der Waals surface area contributed by atoms with Gasteiger partial charge in [0.05, 0.1) is 10.7 Å². The Morgan fingerprint density at radius 2 is 2.10 bits per heavy atom. The average Bonchev–Trinajstić information content (AvgIpc) is 2.87. The molecule has 1 aliphatic carbocycles. The van der Waals surface area contributed by atoms with Crippen LogP contribution in [0.25, 0.3) is 0 Å². The van der Waals surface area contributed by atoms with Gasteiger partial charge in [-0.3, -0.25) is 0 Å². The average molecular weight is 295 g/mol. The number of rotatable bonds is 4. The fraction of sp³-hybridized carbons (Fsp3) is 0.824. The highest BCUT2D eigenvalue weighted by molar-refractivity contribution is 7.09. The van der Waals surface area contributed by atoms with Gasteiger partial charge in [0.25, 0.3) is 0 Å². The van der Waals surface area contributed by atoms with Gasteiger partial charge in [0.15, 0.2) is 0 Å². The number of hydrogen-bond acceptors (Lipinski definition) is 3. The number of hydrogen-bond donors (Lipinski definition) is 1. The summed E-state index contributed by atoms with van der Waals surface area (Å²) in [6.45, 7) is 9.07. The third-order valence-electron chi connectivity index (χ3n) is 4.80. The van der Waals surface area contributed by atoms with Crippen molar-refractivity contribution in [2.24, 2.45) is 11.8 Å². The lowest BCUT2D eigenvalue weighted by Gasteiger charge is -2.35. The molecule has 3 unspecified atom stereocenters. The number of thiazole rings is 1. The van der Waals surface area contributed by atoms with Crippen LogP contribution in [0.1, 0.15) is 64.1 Å². The summed E-state index contributed by atoms with van der Waals surface area (Å²) < 4.78 is 0. The lowest BCUT2D eigenvalue weighted by molar-refractivity contribution is 0.205.